The number of ether oxygens (including phenoxy) is 3. The van der Waals surface area contributed by atoms with Gasteiger partial charge in [-0.25, -0.2) is 0 Å². The summed E-state index contributed by atoms with van der Waals surface area (Å²) in [6.45, 7) is 1.56. The van der Waals surface area contributed by atoms with Crippen LogP contribution in [0.1, 0.15) is 5.56 Å². The van der Waals surface area contributed by atoms with Gasteiger partial charge in [0.1, 0.15) is 12.7 Å². The number of methoxy groups -OCH3 is 2. The minimum absolute atomic E-state index is 0.0575. The maximum Gasteiger partial charge on any atom is 0.179 e. The van der Waals surface area contributed by atoms with E-state index in [-0.39, 0.29) is 13.2 Å². The van der Waals surface area contributed by atoms with Crippen LogP contribution >= 0.6 is 11.6 Å². The summed E-state index contributed by atoms with van der Waals surface area (Å²) in [5.74, 6) is 0.837. The fraction of sp³-hybridized carbons (Fsp3) is 0.571. The number of benzene rings is 1. The largest absolute Gasteiger partial charge is 0.493 e. The molecule has 7 heteroatoms. The second-order valence-corrected chi connectivity index (χ2v) is 4.83. The number of rotatable bonds is 10. The average molecular weight is 320 g/mol. The van der Waals surface area contributed by atoms with Crippen LogP contribution in [0.5, 0.6) is 11.5 Å². The third-order valence-corrected chi connectivity index (χ3v) is 3.01. The van der Waals surface area contributed by atoms with Crippen molar-refractivity contribution in [2.45, 2.75) is 12.6 Å². The topological polar surface area (TPSA) is 80.2 Å². The Balaban J connectivity index is 2.72. The van der Waals surface area contributed by atoms with Crippen LogP contribution < -0.4 is 14.8 Å². The van der Waals surface area contributed by atoms with Gasteiger partial charge in [-0.1, -0.05) is 11.6 Å². The summed E-state index contributed by atoms with van der Waals surface area (Å²) in [5, 5.41) is 21.7. The van der Waals surface area contributed by atoms with E-state index in [0.29, 0.717) is 29.7 Å². The van der Waals surface area contributed by atoms with Gasteiger partial charge in [0.15, 0.2) is 11.5 Å². The van der Waals surface area contributed by atoms with Crippen LogP contribution in [0.2, 0.25) is 5.02 Å². The van der Waals surface area contributed by atoms with Gasteiger partial charge in [0.25, 0.3) is 0 Å². The zero-order chi connectivity index (χ0) is 15.7. The van der Waals surface area contributed by atoms with Gasteiger partial charge in [-0.2, -0.15) is 0 Å². The molecule has 1 atom stereocenters. The van der Waals surface area contributed by atoms with E-state index in [4.69, 9.17) is 30.9 Å². The predicted molar refractivity (Wildman–Crippen MR) is 80.2 cm³/mol. The fourth-order valence-corrected chi connectivity index (χ4v) is 1.94. The molecule has 0 aliphatic heterocycles. The third-order valence-electron chi connectivity index (χ3n) is 2.73. The van der Waals surface area contributed by atoms with Crippen LogP contribution in [0.4, 0.5) is 0 Å². The monoisotopic (exact) mass is 319 g/mol. The highest BCUT2D eigenvalue weighted by atomic mass is 35.5. The van der Waals surface area contributed by atoms with Gasteiger partial charge in [0.2, 0.25) is 0 Å². The van der Waals surface area contributed by atoms with Crippen molar-refractivity contribution < 1.29 is 24.4 Å². The van der Waals surface area contributed by atoms with Gasteiger partial charge in [-0.15, -0.1) is 0 Å². The SMILES string of the molecule is COCCNCc1cc(Cl)c(OCC(O)CO)c(OC)c1. The lowest BCUT2D eigenvalue weighted by atomic mass is 10.2. The molecule has 0 spiro atoms. The zero-order valence-electron chi connectivity index (χ0n) is 12.3. The molecule has 0 aliphatic rings. The molecule has 3 N–H and O–H groups in total. The quantitative estimate of drug-likeness (QED) is 0.554. The molecule has 0 aliphatic carbocycles. The van der Waals surface area contributed by atoms with Gasteiger partial charge >= 0.3 is 0 Å². The molecule has 120 valence electrons. The van der Waals surface area contributed by atoms with Crippen molar-refractivity contribution in [3.05, 3.63) is 22.7 Å². The van der Waals surface area contributed by atoms with Crippen LogP contribution in [-0.2, 0) is 11.3 Å². The summed E-state index contributed by atoms with van der Waals surface area (Å²) in [6.07, 6.45) is -0.957. The first-order valence-electron chi connectivity index (χ1n) is 6.60. The number of aliphatic hydroxyl groups excluding tert-OH is 2. The first-order valence-corrected chi connectivity index (χ1v) is 6.98. The maximum atomic E-state index is 9.31. The van der Waals surface area contributed by atoms with Crippen molar-refractivity contribution in [3.8, 4) is 11.5 Å². The summed E-state index contributed by atoms with van der Waals surface area (Å²) < 4.78 is 15.6. The average Bonchev–Trinajstić information content (AvgIpc) is 2.49. The van der Waals surface area contributed by atoms with Crippen molar-refractivity contribution in [3.63, 3.8) is 0 Å². The predicted octanol–water partition coefficient (Wildman–Crippen LogP) is 0.817. The zero-order valence-corrected chi connectivity index (χ0v) is 13.0. The number of hydrogen-bond acceptors (Lipinski definition) is 6. The molecule has 6 nitrogen and oxygen atoms in total. The van der Waals surface area contributed by atoms with Gasteiger partial charge in [-0.05, 0) is 17.7 Å². The summed E-state index contributed by atoms with van der Waals surface area (Å²) in [7, 11) is 3.16. The minimum atomic E-state index is -0.957. The van der Waals surface area contributed by atoms with Crippen molar-refractivity contribution in [2.75, 3.05) is 40.6 Å². The fourth-order valence-electron chi connectivity index (χ4n) is 1.65. The molecule has 0 amide bonds. The Morgan fingerprint density at radius 1 is 1.33 bits per heavy atom. The number of hydrogen-bond donors (Lipinski definition) is 3. The van der Waals surface area contributed by atoms with Crippen LogP contribution in [0.25, 0.3) is 0 Å². The van der Waals surface area contributed by atoms with E-state index in [1.165, 1.54) is 7.11 Å². The molecule has 0 radical (unpaired) electrons. The number of aliphatic hydroxyl groups is 2. The number of nitrogens with one attached hydrogen (secondary N) is 1. The lowest BCUT2D eigenvalue weighted by molar-refractivity contribution is 0.0527. The molecule has 1 aromatic rings. The lowest BCUT2D eigenvalue weighted by Gasteiger charge is -2.16. The van der Waals surface area contributed by atoms with E-state index in [9.17, 15) is 5.11 Å². The normalized spacial score (nSPS) is 12.2. The molecule has 0 heterocycles. The van der Waals surface area contributed by atoms with Gasteiger partial charge in [0, 0.05) is 20.2 Å². The smallest absolute Gasteiger partial charge is 0.179 e. The molecule has 0 bridgehead atoms. The van der Waals surface area contributed by atoms with E-state index >= 15 is 0 Å². The Bertz CT molecular complexity index is 430. The standard InChI is InChI=1S/C14H22ClNO5/c1-19-4-3-16-7-10-5-12(15)14(13(6-10)20-2)21-9-11(18)8-17/h5-6,11,16-18H,3-4,7-9H2,1-2H3. The minimum Gasteiger partial charge on any atom is -0.493 e. The first-order chi connectivity index (χ1) is 10.1. The molecular weight excluding hydrogens is 298 g/mol. The van der Waals surface area contributed by atoms with E-state index in [1.54, 1.807) is 13.2 Å². The van der Waals surface area contributed by atoms with E-state index in [1.807, 2.05) is 6.07 Å². The van der Waals surface area contributed by atoms with Gasteiger partial charge in [-0.3, -0.25) is 0 Å². The Hall–Kier alpha value is -1.05. The Morgan fingerprint density at radius 3 is 2.71 bits per heavy atom. The summed E-state index contributed by atoms with van der Waals surface area (Å²) in [5.41, 5.74) is 0.947. The summed E-state index contributed by atoms with van der Waals surface area (Å²) in [4.78, 5) is 0. The molecule has 1 aromatic carbocycles. The highest BCUT2D eigenvalue weighted by molar-refractivity contribution is 6.32. The van der Waals surface area contributed by atoms with Crippen LogP contribution in [-0.4, -0.2) is 56.9 Å². The first kappa shape index (κ1) is 18.0. The van der Waals surface area contributed by atoms with Crippen LogP contribution in [0, 0.1) is 0 Å². The van der Waals surface area contributed by atoms with Gasteiger partial charge < -0.3 is 29.7 Å². The van der Waals surface area contributed by atoms with E-state index < -0.39 is 6.10 Å². The Morgan fingerprint density at radius 2 is 2.10 bits per heavy atom. The van der Waals surface area contributed by atoms with Crippen molar-refractivity contribution in [1.29, 1.82) is 0 Å². The van der Waals surface area contributed by atoms with Gasteiger partial charge in [0.05, 0.1) is 25.3 Å². The maximum absolute atomic E-state index is 9.31. The highest BCUT2D eigenvalue weighted by Crippen LogP contribution is 2.36. The third kappa shape index (κ3) is 6.07. The molecule has 0 aromatic heterocycles. The lowest BCUT2D eigenvalue weighted by Crippen LogP contribution is -2.21. The van der Waals surface area contributed by atoms with E-state index in [0.717, 1.165) is 12.1 Å². The molecule has 0 fully saturated rings. The Labute approximate surface area is 129 Å². The second kappa shape index (κ2) is 9.81. The number of halogens is 1. The summed E-state index contributed by atoms with van der Waals surface area (Å²) >= 11 is 6.18. The summed E-state index contributed by atoms with van der Waals surface area (Å²) in [6, 6.07) is 3.58. The molecule has 1 unspecified atom stereocenters. The van der Waals surface area contributed by atoms with Crippen LogP contribution in [0.3, 0.4) is 0 Å². The highest BCUT2D eigenvalue weighted by Gasteiger charge is 2.13. The molecule has 1 rings (SSSR count). The molecular formula is C14H22ClNO5. The molecule has 21 heavy (non-hydrogen) atoms. The van der Waals surface area contributed by atoms with Crippen LogP contribution in [0.15, 0.2) is 12.1 Å². The second-order valence-electron chi connectivity index (χ2n) is 4.43. The van der Waals surface area contributed by atoms with Crippen molar-refractivity contribution in [1.82, 2.24) is 5.32 Å². The Kier molecular flexibility index (Phi) is 8.41. The molecule has 0 saturated carbocycles. The van der Waals surface area contributed by atoms with E-state index in [2.05, 4.69) is 5.32 Å². The van der Waals surface area contributed by atoms with Crippen molar-refractivity contribution >= 4 is 11.6 Å². The van der Waals surface area contributed by atoms with Crippen molar-refractivity contribution in [2.24, 2.45) is 0 Å². The molecule has 0 saturated heterocycles.